The molecular weight excluding hydrogens is 502 g/mol. The minimum atomic E-state index is -0.523. The molecule has 1 aliphatic carbocycles. The van der Waals surface area contributed by atoms with E-state index < -0.39 is 6.10 Å². The van der Waals surface area contributed by atoms with E-state index >= 15 is 0 Å². The van der Waals surface area contributed by atoms with Crippen LogP contribution in [0.1, 0.15) is 77.9 Å². The molecule has 1 aliphatic heterocycles. The molecule has 4 aromatic rings. The molecule has 4 N–H and O–H groups in total. The van der Waals surface area contributed by atoms with Gasteiger partial charge in [-0.1, -0.05) is 26.8 Å². The minimum Gasteiger partial charge on any atom is -0.390 e. The molecule has 0 unspecified atom stereocenters. The first-order valence-electron chi connectivity index (χ1n) is 14.7. The summed E-state index contributed by atoms with van der Waals surface area (Å²) in [6.07, 6.45) is 7.38. The zero-order valence-corrected chi connectivity index (χ0v) is 24.3. The molecule has 3 atom stereocenters. The second-order valence-corrected chi connectivity index (χ2v) is 13.1. The predicted octanol–water partition coefficient (Wildman–Crippen LogP) is 4.96. The van der Waals surface area contributed by atoms with Gasteiger partial charge >= 0.3 is 0 Å². The highest BCUT2D eigenvalue weighted by atomic mass is 16.5. The van der Waals surface area contributed by atoms with Crippen LogP contribution in [0.2, 0.25) is 0 Å². The van der Waals surface area contributed by atoms with Crippen LogP contribution in [0.15, 0.2) is 36.8 Å². The molecule has 40 heavy (non-hydrogen) atoms. The Morgan fingerprint density at radius 2 is 1.98 bits per heavy atom. The molecule has 9 heteroatoms. The van der Waals surface area contributed by atoms with E-state index in [0.717, 1.165) is 47.3 Å². The fourth-order valence-electron chi connectivity index (χ4n) is 6.46. The molecule has 0 bridgehead atoms. The number of aromatic amines is 1. The highest BCUT2D eigenvalue weighted by molar-refractivity contribution is 5.86. The lowest BCUT2D eigenvalue weighted by Gasteiger charge is -2.46. The van der Waals surface area contributed by atoms with Crippen molar-refractivity contribution in [3.8, 4) is 0 Å². The number of aromatic nitrogens is 5. The standard InChI is InChI=1S/C31H43N7O2/c1-18(2)38(16-26-25(39)15-28(40-26)37-11-10-22-29(32)33-17-34-30(22)37)21-12-19(13-21)6-9-27-35-23-8-7-20(31(3,4)5)14-24(23)36-27/h7-8,10-11,14,17-19,21,25-26,28,39H,6,9,12-13,15-16H2,1-5H3,(H,35,36)(H2,32,33,34)/t19?,21?,25-,26+,28+/m0/s1. The van der Waals surface area contributed by atoms with Gasteiger partial charge in [0.25, 0.3) is 0 Å². The maximum absolute atomic E-state index is 10.9. The number of rotatable bonds is 8. The van der Waals surface area contributed by atoms with Gasteiger partial charge in [-0.2, -0.15) is 0 Å². The van der Waals surface area contributed by atoms with E-state index in [1.54, 1.807) is 0 Å². The lowest BCUT2D eigenvalue weighted by atomic mass is 9.76. The number of fused-ring (bicyclic) bond motifs is 2. The highest BCUT2D eigenvalue weighted by Crippen LogP contribution is 2.38. The molecule has 6 rings (SSSR count). The van der Waals surface area contributed by atoms with E-state index in [4.69, 9.17) is 15.5 Å². The summed E-state index contributed by atoms with van der Waals surface area (Å²) in [5.41, 5.74) is 10.4. The monoisotopic (exact) mass is 545 g/mol. The predicted molar refractivity (Wildman–Crippen MR) is 158 cm³/mol. The number of ether oxygens (including phenoxy) is 1. The lowest BCUT2D eigenvalue weighted by Crippen LogP contribution is -2.52. The van der Waals surface area contributed by atoms with Crippen LogP contribution in [0.4, 0.5) is 5.82 Å². The fourth-order valence-corrected chi connectivity index (χ4v) is 6.46. The second kappa shape index (κ2) is 10.4. The third-order valence-electron chi connectivity index (χ3n) is 8.97. The topological polar surface area (TPSA) is 118 Å². The van der Waals surface area contributed by atoms with Crippen LogP contribution in [-0.4, -0.2) is 65.3 Å². The van der Waals surface area contributed by atoms with Gasteiger partial charge in [-0.15, -0.1) is 0 Å². The van der Waals surface area contributed by atoms with E-state index in [9.17, 15) is 5.11 Å². The molecule has 9 nitrogen and oxygen atoms in total. The molecule has 0 spiro atoms. The van der Waals surface area contributed by atoms with E-state index in [-0.39, 0.29) is 17.7 Å². The quantitative estimate of drug-likeness (QED) is 0.286. The van der Waals surface area contributed by atoms with E-state index in [1.165, 1.54) is 24.7 Å². The molecular formula is C31H43N7O2. The summed E-state index contributed by atoms with van der Waals surface area (Å²) < 4.78 is 8.38. The summed E-state index contributed by atoms with van der Waals surface area (Å²) in [6.45, 7) is 11.9. The van der Waals surface area contributed by atoms with E-state index in [2.05, 4.69) is 72.7 Å². The van der Waals surface area contributed by atoms with Crippen molar-refractivity contribution < 1.29 is 9.84 Å². The Kier molecular flexibility index (Phi) is 7.09. The van der Waals surface area contributed by atoms with Gasteiger partial charge in [0.15, 0.2) is 0 Å². The van der Waals surface area contributed by atoms with E-state index in [1.807, 2.05) is 16.8 Å². The summed E-state index contributed by atoms with van der Waals surface area (Å²) in [4.78, 5) is 19.4. The lowest BCUT2D eigenvalue weighted by molar-refractivity contribution is -0.0578. The highest BCUT2D eigenvalue weighted by Gasteiger charge is 2.41. The maximum atomic E-state index is 10.9. The fraction of sp³-hybridized carbons (Fsp3) is 0.581. The van der Waals surface area contributed by atoms with Gasteiger partial charge in [0.1, 0.15) is 29.8 Å². The van der Waals surface area contributed by atoms with Gasteiger partial charge in [0.05, 0.1) is 28.6 Å². The third-order valence-corrected chi connectivity index (χ3v) is 8.97. The van der Waals surface area contributed by atoms with Crippen LogP contribution >= 0.6 is 0 Å². The number of nitrogen functional groups attached to an aromatic ring is 1. The number of aryl methyl sites for hydroxylation is 1. The molecule has 1 saturated carbocycles. The van der Waals surface area contributed by atoms with Crippen molar-refractivity contribution in [1.29, 1.82) is 0 Å². The van der Waals surface area contributed by atoms with Crippen LogP contribution in [-0.2, 0) is 16.6 Å². The molecule has 2 fully saturated rings. The number of hydrogen-bond donors (Lipinski definition) is 3. The van der Waals surface area contributed by atoms with Crippen molar-refractivity contribution in [3.05, 3.63) is 48.2 Å². The number of benzene rings is 1. The van der Waals surface area contributed by atoms with Crippen LogP contribution in [0.5, 0.6) is 0 Å². The molecule has 3 aromatic heterocycles. The molecule has 0 amide bonds. The first-order chi connectivity index (χ1) is 19.1. The largest absolute Gasteiger partial charge is 0.390 e. The summed E-state index contributed by atoms with van der Waals surface area (Å²) >= 11 is 0. The number of hydrogen-bond acceptors (Lipinski definition) is 7. The Balaban J connectivity index is 1.04. The van der Waals surface area contributed by atoms with Crippen molar-refractivity contribution in [1.82, 2.24) is 29.4 Å². The van der Waals surface area contributed by atoms with Crippen molar-refractivity contribution in [2.24, 2.45) is 5.92 Å². The number of H-pyrrole nitrogens is 1. The zero-order chi connectivity index (χ0) is 28.2. The van der Waals surface area contributed by atoms with Crippen molar-refractivity contribution in [3.63, 3.8) is 0 Å². The Labute approximate surface area is 236 Å². The third kappa shape index (κ3) is 5.22. The maximum Gasteiger partial charge on any atom is 0.147 e. The van der Waals surface area contributed by atoms with Crippen molar-refractivity contribution in [2.75, 3.05) is 12.3 Å². The summed E-state index contributed by atoms with van der Waals surface area (Å²) in [7, 11) is 0. The average molecular weight is 546 g/mol. The molecule has 2 aliphatic rings. The Hall–Kier alpha value is -3.01. The Morgan fingerprint density at radius 3 is 2.73 bits per heavy atom. The number of imidazole rings is 1. The number of aliphatic hydroxyl groups is 1. The summed E-state index contributed by atoms with van der Waals surface area (Å²) in [5.74, 6) is 2.24. The van der Waals surface area contributed by atoms with Gasteiger partial charge in [-0.25, -0.2) is 15.0 Å². The summed E-state index contributed by atoms with van der Waals surface area (Å²) in [5, 5.41) is 11.7. The van der Waals surface area contributed by atoms with Gasteiger partial charge in [-0.05, 0) is 68.2 Å². The van der Waals surface area contributed by atoms with Crippen LogP contribution in [0.3, 0.4) is 0 Å². The van der Waals surface area contributed by atoms with Gasteiger partial charge < -0.3 is 25.1 Å². The zero-order valence-electron chi connectivity index (χ0n) is 24.3. The molecule has 0 radical (unpaired) electrons. The number of nitrogens with two attached hydrogens (primary N) is 1. The van der Waals surface area contributed by atoms with Gasteiger partial charge in [0, 0.05) is 37.7 Å². The number of anilines is 1. The first kappa shape index (κ1) is 27.2. The van der Waals surface area contributed by atoms with Gasteiger partial charge in [0.2, 0.25) is 0 Å². The van der Waals surface area contributed by atoms with Gasteiger partial charge in [-0.3, -0.25) is 4.90 Å². The smallest absolute Gasteiger partial charge is 0.147 e. The van der Waals surface area contributed by atoms with Crippen molar-refractivity contribution >= 4 is 27.9 Å². The number of aliphatic hydroxyl groups excluding tert-OH is 1. The molecule has 1 aromatic carbocycles. The average Bonchev–Trinajstić information content (AvgIpc) is 3.58. The Bertz CT molecular complexity index is 1480. The number of nitrogens with zero attached hydrogens (tertiary/aromatic N) is 5. The summed E-state index contributed by atoms with van der Waals surface area (Å²) in [6, 6.07) is 9.40. The second-order valence-electron chi connectivity index (χ2n) is 13.1. The SMILES string of the molecule is CC(C)N(C[C@H]1O[C@@H](n2ccc3c(N)ncnc32)C[C@@H]1O)C1CC(CCc2nc3ccc(C(C)(C)C)cc3[nH]2)C1. The first-order valence-corrected chi connectivity index (χ1v) is 14.7. The normalized spacial score (nSPS) is 25.4. The van der Waals surface area contributed by atoms with Crippen LogP contribution in [0, 0.1) is 5.92 Å². The minimum absolute atomic E-state index is 0.128. The Morgan fingerprint density at radius 1 is 1.18 bits per heavy atom. The van der Waals surface area contributed by atoms with E-state index in [0.29, 0.717) is 30.2 Å². The van der Waals surface area contributed by atoms with Crippen LogP contribution < -0.4 is 5.73 Å². The molecule has 1 saturated heterocycles. The molecule has 4 heterocycles. The number of nitrogens with one attached hydrogen (secondary N) is 1. The van der Waals surface area contributed by atoms with Crippen molar-refractivity contribution in [2.45, 2.75) is 103 Å². The molecule has 214 valence electrons. The van der Waals surface area contributed by atoms with Crippen LogP contribution in [0.25, 0.3) is 22.1 Å².